The molecule has 0 radical (unpaired) electrons. The average Bonchev–Trinajstić information content (AvgIpc) is 2.71. The zero-order chi connectivity index (χ0) is 11.5. The van der Waals surface area contributed by atoms with Gasteiger partial charge in [0.05, 0.1) is 0 Å². The molecule has 0 amide bonds. The summed E-state index contributed by atoms with van der Waals surface area (Å²) in [5.74, 6) is 1.58. The Morgan fingerprint density at radius 1 is 1.31 bits per heavy atom. The van der Waals surface area contributed by atoms with Crippen molar-refractivity contribution in [3.05, 3.63) is 40.6 Å². The second-order valence-electron chi connectivity index (χ2n) is 3.44. The summed E-state index contributed by atoms with van der Waals surface area (Å²) in [5.41, 5.74) is 7.40. The smallest absolute Gasteiger partial charge is 0.135 e. The zero-order valence-electron chi connectivity index (χ0n) is 8.87. The Kier molecular flexibility index (Phi) is 3.31. The number of ether oxygens (including phenoxy) is 1. The molecule has 1 aromatic carbocycles. The summed E-state index contributed by atoms with van der Waals surface area (Å²) in [6.07, 6.45) is 0. The lowest BCUT2D eigenvalue weighted by Crippen LogP contribution is -1.86. The van der Waals surface area contributed by atoms with Crippen LogP contribution >= 0.6 is 15.9 Å². The van der Waals surface area contributed by atoms with Crippen molar-refractivity contribution in [3.63, 3.8) is 0 Å². The summed E-state index contributed by atoms with van der Waals surface area (Å²) in [5, 5.41) is 0. The Hall–Kier alpha value is -1.26. The van der Waals surface area contributed by atoms with Gasteiger partial charge < -0.3 is 14.9 Å². The predicted molar refractivity (Wildman–Crippen MR) is 67.0 cm³/mol. The summed E-state index contributed by atoms with van der Waals surface area (Å²) < 4.78 is 11.6. The van der Waals surface area contributed by atoms with E-state index in [9.17, 15) is 0 Å². The van der Waals surface area contributed by atoms with Crippen LogP contribution in [0.5, 0.6) is 0 Å². The lowest BCUT2D eigenvalue weighted by molar-refractivity contribution is 0.165. The minimum Gasteiger partial charge on any atom is -0.459 e. The van der Waals surface area contributed by atoms with Crippen LogP contribution in [0.1, 0.15) is 5.76 Å². The highest BCUT2D eigenvalue weighted by Gasteiger charge is 2.08. The molecule has 0 aliphatic carbocycles. The van der Waals surface area contributed by atoms with Crippen molar-refractivity contribution < 1.29 is 9.15 Å². The highest BCUT2D eigenvalue weighted by Crippen LogP contribution is 2.31. The second kappa shape index (κ2) is 4.72. The van der Waals surface area contributed by atoms with E-state index < -0.39 is 0 Å². The quantitative estimate of drug-likeness (QED) is 0.877. The van der Waals surface area contributed by atoms with E-state index >= 15 is 0 Å². The normalized spacial score (nSPS) is 10.6. The fourth-order valence-corrected chi connectivity index (χ4v) is 1.92. The predicted octanol–water partition coefficient (Wildman–Crippen LogP) is 3.44. The molecule has 0 saturated carbocycles. The van der Waals surface area contributed by atoms with E-state index in [4.69, 9.17) is 14.9 Å². The van der Waals surface area contributed by atoms with Crippen LogP contribution in [0.25, 0.3) is 11.3 Å². The third kappa shape index (κ3) is 2.28. The van der Waals surface area contributed by atoms with E-state index in [1.165, 1.54) is 0 Å². The molecule has 1 heterocycles. The Balaban J connectivity index is 2.38. The highest BCUT2D eigenvalue weighted by molar-refractivity contribution is 9.10. The largest absolute Gasteiger partial charge is 0.459 e. The summed E-state index contributed by atoms with van der Waals surface area (Å²) in [6.45, 7) is 0.472. The first-order valence-electron chi connectivity index (χ1n) is 4.84. The molecule has 84 valence electrons. The number of methoxy groups -OCH3 is 1. The van der Waals surface area contributed by atoms with Crippen molar-refractivity contribution in [2.45, 2.75) is 6.61 Å². The minimum absolute atomic E-state index is 0.472. The lowest BCUT2D eigenvalue weighted by atomic mass is 10.1. The average molecular weight is 282 g/mol. The molecule has 2 aromatic rings. The maximum absolute atomic E-state index is 5.74. The highest BCUT2D eigenvalue weighted by atomic mass is 79.9. The van der Waals surface area contributed by atoms with Crippen LogP contribution in [0.4, 0.5) is 5.69 Å². The van der Waals surface area contributed by atoms with E-state index in [1.807, 2.05) is 30.3 Å². The number of rotatable bonds is 3. The minimum atomic E-state index is 0.472. The molecule has 1 aromatic heterocycles. The van der Waals surface area contributed by atoms with Crippen molar-refractivity contribution in [1.82, 2.24) is 0 Å². The SMILES string of the molecule is COCc1ccc(-c2cc(N)ccc2Br)o1. The van der Waals surface area contributed by atoms with Gasteiger partial charge in [-0.1, -0.05) is 15.9 Å². The van der Waals surface area contributed by atoms with Crippen LogP contribution < -0.4 is 5.73 Å². The summed E-state index contributed by atoms with van der Waals surface area (Å²) in [4.78, 5) is 0. The maximum atomic E-state index is 5.74. The molecule has 2 rings (SSSR count). The van der Waals surface area contributed by atoms with E-state index in [0.717, 1.165) is 21.6 Å². The number of hydrogen-bond donors (Lipinski definition) is 1. The van der Waals surface area contributed by atoms with Gasteiger partial charge in [0.1, 0.15) is 18.1 Å². The summed E-state index contributed by atoms with van der Waals surface area (Å²) in [7, 11) is 1.64. The topological polar surface area (TPSA) is 48.4 Å². The standard InChI is InChI=1S/C12H12BrNO2/c1-15-7-9-3-5-12(16-9)10-6-8(14)2-4-11(10)13/h2-6H,7,14H2,1H3. The molecule has 16 heavy (non-hydrogen) atoms. The van der Waals surface area contributed by atoms with Crippen LogP contribution in [0.15, 0.2) is 39.2 Å². The van der Waals surface area contributed by atoms with Gasteiger partial charge in [-0.05, 0) is 30.3 Å². The number of anilines is 1. The number of furan rings is 1. The summed E-state index contributed by atoms with van der Waals surface area (Å²) >= 11 is 3.47. The molecule has 0 fully saturated rings. The number of nitrogen functional groups attached to an aromatic ring is 1. The molecule has 4 heteroatoms. The van der Waals surface area contributed by atoms with Crippen molar-refractivity contribution in [2.75, 3.05) is 12.8 Å². The number of hydrogen-bond acceptors (Lipinski definition) is 3. The summed E-state index contributed by atoms with van der Waals surface area (Å²) in [6, 6.07) is 9.43. The van der Waals surface area contributed by atoms with Gasteiger partial charge in [0.2, 0.25) is 0 Å². The molecule has 0 saturated heterocycles. The monoisotopic (exact) mass is 281 g/mol. The van der Waals surface area contributed by atoms with Crippen LogP contribution in [0, 0.1) is 0 Å². The fraction of sp³-hybridized carbons (Fsp3) is 0.167. The third-order valence-corrected chi connectivity index (χ3v) is 2.90. The van der Waals surface area contributed by atoms with Crippen LogP contribution in [-0.2, 0) is 11.3 Å². The zero-order valence-corrected chi connectivity index (χ0v) is 10.5. The molecule has 0 atom stereocenters. The van der Waals surface area contributed by atoms with E-state index in [2.05, 4.69) is 15.9 Å². The van der Waals surface area contributed by atoms with Gasteiger partial charge in [0.15, 0.2) is 0 Å². The Morgan fingerprint density at radius 2 is 2.12 bits per heavy atom. The van der Waals surface area contributed by atoms with E-state index in [-0.39, 0.29) is 0 Å². The molecule has 0 spiro atoms. The van der Waals surface area contributed by atoms with E-state index in [0.29, 0.717) is 12.3 Å². The maximum Gasteiger partial charge on any atom is 0.135 e. The van der Waals surface area contributed by atoms with Crippen LogP contribution in [0.3, 0.4) is 0 Å². The molecule has 2 N–H and O–H groups in total. The molecule has 0 aliphatic rings. The Bertz CT molecular complexity index is 494. The lowest BCUT2D eigenvalue weighted by Gasteiger charge is -2.02. The third-order valence-electron chi connectivity index (χ3n) is 2.20. The van der Waals surface area contributed by atoms with Gasteiger partial charge in [0.25, 0.3) is 0 Å². The Morgan fingerprint density at radius 3 is 2.88 bits per heavy atom. The molecule has 0 bridgehead atoms. The Labute approximate surface area is 102 Å². The van der Waals surface area contributed by atoms with Gasteiger partial charge in [-0.2, -0.15) is 0 Å². The van der Waals surface area contributed by atoms with E-state index in [1.54, 1.807) is 7.11 Å². The van der Waals surface area contributed by atoms with Gasteiger partial charge in [-0.25, -0.2) is 0 Å². The first-order valence-corrected chi connectivity index (χ1v) is 5.63. The first kappa shape index (κ1) is 11.2. The van der Waals surface area contributed by atoms with Crippen molar-refractivity contribution in [2.24, 2.45) is 0 Å². The van der Waals surface area contributed by atoms with Crippen molar-refractivity contribution in [1.29, 1.82) is 0 Å². The number of benzene rings is 1. The van der Waals surface area contributed by atoms with Crippen LogP contribution in [0.2, 0.25) is 0 Å². The van der Waals surface area contributed by atoms with Crippen LogP contribution in [-0.4, -0.2) is 7.11 Å². The molecule has 0 aliphatic heterocycles. The van der Waals surface area contributed by atoms with Crippen molar-refractivity contribution in [3.8, 4) is 11.3 Å². The molecular formula is C12H12BrNO2. The van der Waals surface area contributed by atoms with Gasteiger partial charge in [-0.15, -0.1) is 0 Å². The van der Waals surface area contributed by atoms with Gasteiger partial charge in [0, 0.05) is 22.8 Å². The fourth-order valence-electron chi connectivity index (χ4n) is 1.47. The second-order valence-corrected chi connectivity index (χ2v) is 4.29. The number of halogens is 1. The van der Waals surface area contributed by atoms with Gasteiger partial charge >= 0.3 is 0 Å². The molecule has 0 unspecified atom stereocenters. The number of nitrogens with two attached hydrogens (primary N) is 1. The van der Waals surface area contributed by atoms with Gasteiger partial charge in [-0.3, -0.25) is 0 Å². The molecule has 3 nitrogen and oxygen atoms in total. The van der Waals surface area contributed by atoms with Crippen molar-refractivity contribution >= 4 is 21.6 Å². The first-order chi connectivity index (χ1) is 7.70. The molecular weight excluding hydrogens is 270 g/mol.